The van der Waals surface area contributed by atoms with Crippen LogP contribution in [0.25, 0.3) is 0 Å². The highest BCUT2D eigenvalue weighted by atomic mass is 16.6. The molecule has 0 heterocycles. The fraction of sp³-hybridized carbons (Fsp3) is 0.484. The van der Waals surface area contributed by atoms with E-state index in [1.165, 1.54) is 5.01 Å². The number of nitrogens with two attached hydrogens (primary N) is 1. The highest BCUT2D eigenvalue weighted by Crippen LogP contribution is 2.14. The average Bonchev–Trinajstić information content (AvgIpc) is 2.97. The number of carbonyl (C=O) groups is 4. The maximum atomic E-state index is 13.0. The minimum atomic E-state index is -1.54. The van der Waals surface area contributed by atoms with Crippen molar-refractivity contribution in [2.45, 2.75) is 71.3 Å². The third-order valence-corrected chi connectivity index (χ3v) is 6.15. The Kier molecular flexibility index (Phi) is 15.0. The molecule has 0 spiro atoms. The van der Waals surface area contributed by atoms with Crippen LogP contribution in [0.5, 0.6) is 0 Å². The number of ether oxygens (including phenoxy) is 3. The average molecular weight is 601 g/mol. The third-order valence-electron chi connectivity index (χ3n) is 6.15. The van der Waals surface area contributed by atoms with Gasteiger partial charge in [-0.15, -0.1) is 0 Å². The fourth-order valence-electron chi connectivity index (χ4n) is 3.86. The first-order valence-electron chi connectivity index (χ1n) is 14.3. The quantitative estimate of drug-likeness (QED) is 0.0901. The van der Waals surface area contributed by atoms with Crippen molar-refractivity contribution in [2.24, 2.45) is 11.7 Å². The smallest absolute Gasteiger partial charge is 0.424 e. The molecule has 0 aromatic heterocycles. The number of benzene rings is 2. The molecule has 1 unspecified atom stereocenters. The molecule has 0 aliphatic rings. The zero-order chi connectivity index (χ0) is 31.7. The van der Waals surface area contributed by atoms with E-state index < -0.39 is 41.7 Å². The molecule has 2 aromatic carbocycles. The summed E-state index contributed by atoms with van der Waals surface area (Å²) in [6, 6.07) is 17.0. The lowest BCUT2D eigenvalue weighted by molar-refractivity contribution is -0.164. The highest BCUT2D eigenvalue weighted by molar-refractivity contribution is 5.83. The predicted molar refractivity (Wildman–Crippen MR) is 159 cm³/mol. The lowest BCUT2D eigenvalue weighted by atomic mass is 10.0. The number of alkyl carbamates (subject to hydrolysis) is 1. The van der Waals surface area contributed by atoms with Crippen LogP contribution in [-0.2, 0) is 37.0 Å². The fourth-order valence-corrected chi connectivity index (χ4v) is 3.86. The number of carboxylic acids is 1. The minimum Gasteiger partial charge on any atom is -0.480 e. The number of unbranched alkanes of at least 4 members (excludes halogenated alkanes) is 3. The SMILES string of the molecule is CC(C)(C)OC(=O)[C@@H](CNN(CCCCCCNC(=O)OCc1ccccc1)C(=O)OCc1ccccc1)C(N)C(=O)O. The van der Waals surface area contributed by atoms with E-state index in [1.54, 1.807) is 20.8 Å². The second-order valence-electron chi connectivity index (χ2n) is 11.0. The summed E-state index contributed by atoms with van der Waals surface area (Å²) in [6.07, 6.45) is 1.62. The normalized spacial score (nSPS) is 12.5. The van der Waals surface area contributed by atoms with Crippen LogP contribution in [0.4, 0.5) is 9.59 Å². The van der Waals surface area contributed by atoms with Crippen LogP contribution in [0.15, 0.2) is 60.7 Å². The van der Waals surface area contributed by atoms with E-state index in [0.29, 0.717) is 19.4 Å². The van der Waals surface area contributed by atoms with Gasteiger partial charge in [0, 0.05) is 19.6 Å². The lowest BCUT2D eigenvalue weighted by Gasteiger charge is -2.29. The molecule has 0 saturated carbocycles. The van der Waals surface area contributed by atoms with E-state index in [2.05, 4.69) is 10.7 Å². The number of esters is 1. The number of carbonyl (C=O) groups excluding carboxylic acids is 3. The zero-order valence-corrected chi connectivity index (χ0v) is 25.1. The Labute approximate surface area is 252 Å². The number of nitrogens with zero attached hydrogens (tertiary/aromatic N) is 1. The van der Waals surface area contributed by atoms with Gasteiger partial charge in [0.2, 0.25) is 0 Å². The van der Waals surface area contributed by atoms with Gasteiger partial charge in [0.15, 0.2) is 0 Å². The van der Waals surface area contributed by atoms with E-state index in [0.717, 1.165) is 24.0 Å². The lowest BCUT2D eigenvalue weighted by Crippen LogP contribution is -2.53. The molecule has 0 bridgehead atoms. The van der Waals surface area contributed by atoms with Gasteiger partial charge in [0.1, 0.15) is 24.9 Å². The van der Waals surface area contributed by atoms with Gasteiger partial charge in [-0.05, 0) is 44.7 Å². The monoisotopic (exact) mass is 600 g/mol. The van der Waals surface area contributed by atoms with Gasteiger partial charge >= 0.3 is 24.1 Å². The van der Waals surface area contributed by atoms with Gasteiger partial charge < -0.3 is 30.4 Å². The summed E-state index contributed by atoms with van der Waals surface area (Å²) in [5.41, 5.74) is 9.49. The summed E-state index contributed by atoms with van der Waals surface area (Å²) in [7, 11) is 0. The molecular formula is C31H44N4O8. The largest absolute Gasteiger partial charge is 0.480 e. The summed E-state index contributed by atoms with van der Waals surface area (Å²) >= 11 is 0. The van der Waals surface area contributed by atoms with Gasteiger partial charge in [-0.1, -0.05) is 73.5 Å². The number of amides is 2. The molecule has 43 heavy (non-hydrogen) atoms. The molecule has 2 aromatic rings. The molecule has 236 valence electrons. The number of carboxylic acid groups (broad SMARTS) is 1. The molecule has 0 aliphatic heterocycles. The number of rotatable bonds is 17. The number of aliphatic carboxylic acids is 1. The number of hydrogen-bond acceptors (Lipinski definition) is 9. The van der Waals surface area contributed by atoms with E-state index in [1.807, 2.05) is 60.7 Å². The Hall–Kier alpha value is -4.16. The summed E-state index contributed by atoms with van der Waals surface area (Å²) in [5.74, 6) is -3.41. The summed E-state index contributed by atoms with van der Waals surface area (Å²) < 4.78 is 16.0. The number of nitrogens with one attached hydrogen (secondary N) is 2. The summed E-state index contributed by atoms with van der Waals surface area (Å²) in [6.45, 7) is 5.64. The van der Waals surface area contributed by atoms with Crippen molar-refractivity contribution < 1.29 is 38.5 Å². The van der Waals surface area contributed by atoms with Gasteiger partial charge in [0.25, 0.3) is 0 Å². The van der Waals surface area contributed by atoms with E-state index in [9.17, 15) is 24.3 Å². The van der Waals surface area contributed by atoms with Crippen LogP contribution in [0.1, 0.15) is 57.6 Å². The summed E-state index contributed by atoms with van der Waals surface area (Å²) in [5, 5.41) is 13.4. The van der Waals surface area contributed by atoms with Crippen molar-refractivity contribution in [3.05, 3.63) is 71.8 Å². The molecule has 2 amide bonds. The van der Waals surface area contributed by atoms with Crippen molar-refractivity contribution in [3.8, 4) is 0 Å². The van der Waals surface area contributed by atoms with Crippen molar-refractivity contribution in [2.75, 3.05) is 19.6 Å². The Morgan fingerprint density at radius 1 is 0.860 bits per heavy atom. The number of hydrazine groups is 1. The Morgan fingerprint density at radius 3 is 1.98 bits per heavy atom. The van der Waals surface area contributed by atoms with Crippen molar-refractivity contribution in [3.63, 3.8) is 0 Å². The molecule has 0 fully saturated rings. The van der Waals surface area contributed by atoms with Crippen LogP contribution >= 0.6 is 0 Å². The first-order valence-corrected chi connectivity index (χ1v) is 14.3. The van der Waals surface area contributed by atoms with Crippen molar-refractivity contribution >= 4 is 24.1 Å². The Balaban J connectivity index is 1.86. The van der Waals surface area contributed by atoms with Gasteiger partial charge in [-0.25, -0.2) is 20.0 Å². The third kappa shape index (κ3) is 14.5. The minimum absolute atomic E-state index is 0.0357. The highest BCUT2D eigenvalue weighted by Gasteiger charge is 2.35. The second-order valence-corrected chi connectivity index (χ2v) is 11.0. The zero-order valence-electron chi connectivity index (χ0n) is 25.1. The van der Waals surface area contributed by atoms with Crippen LogP contribution in [-0.4, -0.2) is 65.5 Å². The molecule has 0 radical (unpaired) electrons. The standard InChI is InChI=1S/C31H44N4O8/c1-31(2,3)43-28(38)25(26(32)27(36)37)20-34-35(30(40)42-22-24-16-10-7-11-17-24)19-13-5-4-12-18-33-29(39)41-21-23-14-8-6-9-15-23/h6-11,14-17,25-26,34H,4-5,12-13,18-22,32H2,1-3H3,(H,33,39)(H,36,37)/t25-,26?/m0/s1. The molecule has 12 heteroatoms. The Bertz CT molecular complexity index is 1140. The Morgan fingerprint density at radius 2 is 1.42 bits per heavy atom. The second kappa shape index (κ2) is 18.4. The summed E-state index contributed by atoms with van der Waals surface area (Å²) in [4.78, 5) is 49.2. The maximum absolute atomic E-state index is 13.0. The van der Waals surface area contributed by atoms with E-state index in [4.69, 9.17) is 19.9 Å². The molecule has 5 N–H and O–H groups in total. The maximum Gasteiger partial charge on any atom is 0.424 e. The van der Waals surface area contributed by atoms with Crippen LogP contribution < -0.4 is 16.5 Å². The molecule has 2 rings (SSSR count). The molecule has 0 saturated heterocycles. The van der Waals surface area contributed by atoms with E-state index in [-0.39, 0.29) is 26.3 Å². The van der Waals surface area contributed by atoms with Gasteiger partial charge in [-0.2, -0.15) is 0 Å². The topological polar surface area (TPSA) is 170 Å². The van der Waals surface area contributed by atoms with Crippen molar-refractivity contribution in [1.82, 2.24) is 15.8 Å². The van der Waals surface area contributed by atoms with Crippen LogP contribution in [0, 0.1) is 5.92 Å². The first-order chi connectivity index (χ1) is 20.5. The first kappa shape index (κ1) is 35.0. The van der Waals surface area contributed by atoms with Crippen LogP contribution in [0.3, 0.4) is 0 Å². The van der Waals surface area contributed by atoms with Crippen molar-refractivity contribution in [1.29, 1.82) is 0 Å². The van der Waals surface area contributed by atoms with E-state index >= 15 is 0 Å². The molecule has 12 nitrogen and oxygen atoms in total. The molecule has 0 aliphatic carbocycles. The van der Waals surface area contributed by atoms with Gasteiger partial charge in [0.05, 0.1) is 5.92 Å². The van der Waals surface area contributed by atoms with Crippen LogP contribution in [0.2, 0.25) is 0 Å². The molecular weight excluding hydrogens is 556 g/mol. The molecule has 2 atom stereocenters. The predicted octanol–water partition coefficient (Wildman–Crippen LogP) is 3.99. The van der Waals surface area contributed by atoms with Gasteiger partial charge in [-0.3, -0.25) is 9.59 Å². The number of hydrogen-bond donors (Lipinski definition) is 4.